The van der Waals surface area contributed by atoms with Crippen LogP contribution in [-0.4, -0.2) is 37.2 Å². The Morgan fingerprint density at radius 2 is 2.00 bits per heavy atom. The smallest absolute Gasteiger partial charge is 0.182 e. The second-order valence-electron chi connectivity index (χ2n) is 7.13. The van der Waals surface area contributed by atoms with Crippen molar-refractivity contribution in [3.8, 4) is 0 Å². The van der Waals surface area contributed by atoms with Crippen molar-refractivity contribution in [3.63, 3.8) is 0 Å². The summed E-state index contributed by atoms with van der Waals surface area (Å²) in [5, 5.41) is 6.66. The molecule has 3 heterocycles. The van der Waals surface area contributed by atoms with Crippen molar-refractivity contribution in [1.82, 2.24) is 24.9 Å². The average molecular weight is 437 g/mol. The fourth-order valence-electron chi connectivity index (χ4n) is 3.50. The van der Waals surface area contributed by atoms with E-state index in [0.717, 1.165) is 5.69 Å². The normalized spacial score (nSPS) is 16.2. The molecule has 0 radical (unpaired) electrons. The van der Waals surface area contributed by atoms with Crippen molar-refractivity contribution in [1.29, 1.82) is 0 Å². The van der Waals surface area contributed by atoms with Crippen molar-refractivity contribution >= 4 is 40.5 Å². The van der Waals surface area contributed by atoms with Gasteiger partial charge in [-0.2, -0.15) is 0 Å². The number of nitrogens with one attached hydrogen (secondary N) is 3. The summed E-state index contributed by atoms with van der Waals surface area (Å²) in [5.41, 5.74) is 5.50. The molecule has 0 saturated carbocycles. The molecule has 3 N–H and O–H groups in total. The standard InChI is InChI=1S/C21H18ClFN8/c1-12(28-20-18-19(25-10-24-18)26-11-27-20)21-29-17-8-13(23)7-16(22)15(17)9-31(21)30-14-5-3-2-4-6-14/h2-12,21,30H,1H3,(H2,24,25,26,27,28)/t12?,21-/m0/s1. The summed E-state index contributed by atoms with van der Waals surface area (Å²) >= 11 is 6.30. The van der Waals surface area contributed by atoms with E-state index in [2.05, 4.69) is 30.7 Å². The van der Waals surface area contributed by atoms with Crippen LogP contribution in [0.3, 0.4) is 0 Å². The van der Waals surface area contributed by atoms with Gasteiger partial charge in [-0.25, -0.2) is 19.3 Å². The van der Waals surface area contributed by atoms with E-state index in [9.17, 15) is 4.39 Å². The van der Waals surface area contributed by atoms with Crippen LogP contribution >= 0.6 is 11.6 Å². The van der Waals surface area contributed by atoms with Crippen molar-refractivity contribution in [2.24, 2.45) is 4.99 Å². The van der Waals surface area contributed by atoms with E-state index in [0.29, 0.717) is 32.6 Å². The second kappa shape index (κ2) is 7.84. The van der Waals surface area contributed by atoms with E-state index >= 15 is 0 Å². The maximum absolute atomic E-state index is 14.0. The van der Waals surface area contributed by atoms with E-state index in [1.54, 1.807) is 6.33 Å². The Bertz CT molecular complexity index is 1360. The fraction of sp³-hybridized carbons (Fsp3) is 0.143. The highest BCUT2D eigenvalue weighted by Crippen LogP contribution is 2.20. The number of rotatable bonds is 5. The molecule has 1 aliphatic heterocycles. The third-order valence-electron chi connectivity index (χ3n) is 4.96. The van der Waals surface area contributed by atoms with E-state index in [-0.39, 0.29) is 6.04 Å². The SMILES string of the molecule is CC(Nc1ncnc2nc[nH]c12)[C@H]1N=c2cc(F)cc(Cl)c2=CN1Nc1ccccc1. The number of benzene rings is 2. The van der Waals surface area contributed by atoms with E-state index in [4.69, 9.17) is 16.6 Å². The quantitative estimate of drug-likeness (QED) is 0.445. The van der Waals surface area contributed by atoms with Crippen LogP contribution in [0.25, 0.3) is 17.4 Å². The zero-order valence-corrected chi connectivity index (χ0v) is 17.2. The van der Waals surface area contributed by atoms with Crippen LogP contribution in [0.5, 0.6) is 0 Å². The number of H-pyrrole nitrogens is 1. The Morgan fingerprint density at radius 3 is 2.84 bits per heavy atom. The van der Waals surface area contributed by atoms with Crippen LogP contribution in [0.15, 0.2) is 60.1 Å². The van der Waals surface area contributed by atoms with Crippen LogP contribution in [0.4, 0.5) is 15.9 Å². The second-order valence-corrected chi connectivity index (χ2v) is 7.54. The number of hydrogen-bond donors (Lipinski definition) is 3. The highest BCUT2D eigenvalue weighted by molar-refractivity contribution is 6.30. The zero-order chi connectivity index (χ0) is 21.4. The molecule has 4 aromatic rings. The van der Waals surface area contributed by atoms with Gasteiger partial charge in [-0.05, 0) is 31.2 Å². The zero-order valence-electron chi connectivity index (χ0n) is 16.4. The summed E-state index contributed by atoms with van der Waals surface area (Å²) in [5.74, 6) is 0.174. The maximum Gasteiger partial charge on any atom is 0.182 e. The Balaban J connectivity index is 1.54. The first-order valence-corrected chi connectivity index (χ1v) is 10.0. The number of fused-ring (bicyclic) bond motifs is 2. The number of hydrogen-bond acceptors (Lipinski definition) is 7. The lowest BCUT2D eigenvalue weighted by Crippen LogP contribution is -2.51. The third-order valence-corrected chi connectivity index (χ3v) is 5.28. The average Bonchev–Trinajstić information content (AvgIpc) is 3.24. The van der Waals surface area contributed by atoms with Crippen molar-refractivity contribution in [2.45, 2.75) is 19.1 Å². The Kier molecular flexibility index (Phi) is 4.87. The summed E-state index contributed by atoms with van der Waals surface area (Å²) in [6, 6.07) is 12.1. The van der Waals surface area contributed by atoms with Gasteiger partial charge in [0, 0.05) is 11.4 Å². The van der Waals surface area contributed by atoms with Gasteiger partial charge in [0.15, 0.2) is 17.6 Å². The lowest BCUT2D eigenvalue weighted by molar-refractivity contribution is 0.322. The molecule has 2 aromatic heterocycles. The summed E-state index contributed by atoms with van der Waals surface area (Å²) in [6.07, 6.45) is 4.43. The molecule has 5 rings (SSSR count). The summed E-state index contributed by atoms with van der Waals surface area (Å²) in [7, 11) is 0. The lowest BCUT2D eigenvalue weighted by Gasteiger charge is -2.35. The van der Waals surface area contributed by atoms with Crippen LogP contribution in [0.2, 0.25) is 5.02 Å². The number of aromatic amines is 1. The molecule has 0 bridgehead atoms. The molecule has 1 aliphatic rings. The molecule has 2 atom stereocenters. The molecule has 31 heavy (non-hydrogen) atoms. The highest BCUT2D eigenvalue weighted by Gasteiger charge is 2.26. The first-order chi connectivity index (χ1) is 15.1. The fourth-order valence-corrected chi connectivity index (χ4v) is 3.75. The molecule has 0 aliphatic carbocycles. The van der Waals surface area contributed by atoms with E-state index in [1.165, 1.54) is 18.5 Å². The van der Waals surface area contributed by atoms with Gasteiger partial charge >= 0.3 is 0 Å². The molecular weight excluding hydrogens is 419 g/mol. The van der Waals surface area contributed by atoms with Crippen molar-refractivity contribution < 1.29 is 4.39 Å². The number of para-hydroxylation sites is 1. The molecule has 0 fully saturated rings. The minimum absolute atomic E-state index is 0.232. The maximum atomic E-state index is 14.0. The van der Waals surface area contributed by atoms with Crippen molar-refractivity contribution in [3.05, 3.63) is 76.5 Å². The predicted octanol–water partition coefficient (Wildman–Crippen LogP) is 2.67. The first kappa shape index (κ1) is 19.3. The van der Waals surface area contributed by atoms with Crippen LogP contribution in [0, 0.1) is 5.82 Å². The predicted molar refractivity (Wildman–Crippen MR) is 117 cm³/mol. The molecule has 156 valence electrons. The van der Waals surface area contributed by atoms with Gasteiger partial charge in [0.1, 0.15) is 17.7 Å². The van der Waals surface area contributed by atoms with Gasteiger partial charge in [0.05, 0.1) is 28.4 Å². The first-order valence-electron chi connectivity index (χ1n) is 9.64. The van der Waals surface area contributed by atoms with Gasteiger partial charge in [-0.1, -0.05) is 29.8 Å². The molecule has 8 nitrogen and oxygen atoms in total. The summed E-state index contributed by atoms with van der Waals surface area (Å²) in [6.45, 7) is 1.97. The number of imidazole rings is 1. The van der Waals surface area contributed by atoms with Crippen molar-refractivity contribution in [2.75, 3.05) is 10.7 Å². The Labute approximate surface area is 181 Å². The summed E-state index contributed by atoms with van der Waals surface area (Å²) < 4.78 is 14.0. The molecule has 0 spiro atoms. The largest absolute Gasteiger partial charge is 0.362 e. The van der Waals surface area contributed by atoms with Gasteiger partial charge in [-0.3, -0.25) is 15.4 Å². The molecular formula is C21H18ClFN8. The number of nitrogens with zero attached hydrogens (tertiary/aromatic N) is 5. The minimum Gasteiger partial charge on any atom is -0.362 e. The van der Waals surface area contributed by atoms with Crippen LogP contribution < -0.4 is 21.3 Å². The van der Waals surface area contributed by atoms with Gasteiger partial charge in [-0.15, -0.1) is 0 Å². The van der Waals surface area contributed by atoms with Gasteiger partial charge < -0.3 is 10.3 Å². The number of halogens is 2. The van der Waals surface area contributed by atoms with Gasteiger partial charge in [0.2, 0.25) is 0 Å². The number of hydrazine groups is 1. The molecule has 0 saturated heterocycles. The monoisotopic (exact) mass is 436 g/mol. The highest BCUT2D eigenvalue weighted by atomic mass is 35.5. The number of anilines is 2. The lowest BCUT2D eigenvalue weighted by atomic mass is 10.2. The number of aromatic nitrogens is 4. The minimum atomic E-state index is -0.432. The molecule has 10 heteroatoms. The van der Waals surface area contributed by atoms with E-state index in [1.807, 2.05) is 48.5 Å². The topological polar surface area (TPSA) is 94.1 Å². The van der Waals surface area contributed by atoms with Gasteiger partial charge in [0.25, 0.3) is 0 Å². The van der Waals surface area contributed by atoms with E-state index < -0.39 is 12.0 Å². The summed E-state index contributed by atoms with van der Waals surface area (Å²) in [4.78, 5) is 20.5. The molecule has 0 amide bonds. The van der Waals surface area contributed by atoms with Crippen LogP contribution in [0.1, 0.15) is 6.92 Å². The molecule has 2 aromatic carbocycles. The Morgan fingerprint density at radius 1 is 1.16 bits per heavy atom. The Hall–Kier alpha value is -3.72. The third kappa shape index (κ3) is 3.75. The molecule has 1 unspecified atom stereocenters. The van der Waals surface area contributed by atoms with Crippen LogP contribution in [-0.2, 0) is 0 Å².